The van der Waals surface area contributed by atoms with Crippen LogP contribution in [0, 0.1) is 5.82 Å². The van der Waals surface area contributed by atoms with Gasteiger partial charge in [0.05, 0.1) is 24.5 Å². The van der Waals surface area contributed by atoms with Crippen molar-refractivity contribution in [3.8, 4) is 0 Å². The number of amides is 2. The summed E-state index contributed by atoms with van der Waals surface area (Å²) < 4.78 is 22.1. The van der Waals surface area contributed by atoms with Crippen LogP contribution in [0.4, 0.5) is 14.9 Å². The first-order chi connectivity index (χ1) is 14.0. The number of benzene rings is 1. The Bertz CT molecular complexity index is 1020. The first-order valence-electron chi connectivity index (χ1n) is 9.62. The molecule has 0 saturated carbocycles. The second kappa shape index (κ2) is 6.68. The SMILES string of the molecule is CC(=O)N1CC=C(c2cc3c(cc2F)N2C(=O)O[C@@H](Cn4ccnn4)[C@@H]2C3)CC1. The maximum absolute atomic E-state index is 14.9. The number of carbonyl (C=O) groups excluding carboxylic acids is 2. The van der Waals surface area contributed by atoms with Gasteiger partial charge in [-0.25, -0.2) is 13.9 Å². The van der Waals surface area contributed by atoms with Crippen LogP contribution in [0.15, 0.2) is 30.6 Å². The number of cyclic esters (lactones) is 1. The monoisotopic (exact) mass is 397 g/mol. The maximum Gasteiger partial charge on any atom is 0.415 e. The largest absolute Gasteiger partial charge is 0.442 e. The smallest absolute Gasteiger partial charge is 0.415 e. The maximum atomic E-state index is 14.9. The lowest BCUT2D eigenvalue weighted by molar-refractivity contribution is -0.128. The van der Waals surface area contributed by atoms with Gasteiger partial charge in [0.2, 0.25) is 5.91 Å². The van der Waals surface area contributed by atoms with Gasteiger partial charge in [0.1, 0.15) is 11.9 Å². The Kier molecular flexibility index (Phi) is 4.11. The summed E-state index contributed by atoms with van der Waals surface area (Å²) in [5, 5.41) is 7.72. The van der Waals surface area contributed by atoms with Crippen LogP contribution in [0.5, 0.6) is 0 Å². The number of rotatable bonds is 3. The third-order valence-corrected chi connectivity index (χ3v) is 5.91. The van der Waals surface area contributed by atoms with Gasteiger partial charge >= 0.3 is 6.09 Å². The zero-order valence-corrected chi connectivity index (χ0v) is 15.9. The van der Waals surface area contributed by atoms with Crippen molar-refractivity contribution in [2.45, 2.75) is 38.5 Å². The van der Waals surface area contributed by atoms with Gasteiger partial charge in [0.15, 0.2) is 0 Å². The summed E-state index contributed by atoms with van der Waals surface area (Å²) in [6.07, 6.45) is 5.58. The molecule has 2 aromatic rings. The lowest BCUT2D eigenvalue weighted by Crippen LogP contribution is -2.35. The summed E-state index contributed by atoms with van der Waals surface area (Å²) in [6, 6.07) is 3.09. The van der Waals surface area contributed by atoms with Crippen molar-refractivity contribution in [2.24, 2.45) is 0 Å². The van der Waals surface area contributed by atoms with E-state index in [4.69, 9.17) is 4.74 Å². The lowest BCUT2D eigenvalue weighted by atomic mass is 9.95. The van der Waals surface area contributed by atoms with Crippen LogP contribution >= 0.6 is 0 Å². The Morgan fingerprint density at radius 1 is 1.38 bits per heavy atom. The standard InChI is InChI=1S/C20H20FN5O3/c1-12(27)24-5-2-13(3-6-24)15-8-14-9-18-19(11-25-7-4-22-23-25)29-20(28)26(18)17(14)10-16(15)21/h2,4,7-8,10,18-19H,3,5-6,9,11H2,1H3/t18-,19-/m0/s1. The Morgan fingerprint density at radius 2 is 2.24 bits per heavy atom. The number of anilines is 1. The van der Waals surface area contributed by atoms with Gasteiger partial charge in [-0.15, -0.1) is 5.10 Å². The summed E-state index contributed by atoms with van der Waals surface area (Å²) in [4.78, 5) is 27.2. The molecule has 8 nitrogen and oxygen atoms in total. The molecule has 0 aliphatic carbocycles. The highest BCUT2D eigenvalue weighted by molar-refractivity contribution is 5.94. The molecule has 0 spiro atoms. The van der Waals surface area contributed by atoms with Gasteiger partial charge in [0.25, 0.3) is 0 Å². The van der Waals surface area contributed by atoms with Crippen LogP contribution < -0.4 is 4.90 Å². The van der Waals surface area contributed by atoms with Crippen molar-refractivity contribution in [3.63, 3.8) is 0 Å². The number of nitrogens with zero attached hydrogens (tertiary/aromatic N) is 5. The molecule has 3 aliphatic heterocycles. The van der Waals surface area contributed by atoms with Gasteiger partial charge in [0, 0.05) is 31.8 Å². The molecule has 5 rings (SSSR count). The molecule has 29 heavy (non-hydrogen) atoms. The van der Waals surface area contributed by atoms with Gasteiger partial charge in [-0.3, -0.25) is 9.69 Å². The Morgan fingerprint density at radius 3 is 2.93 bits per heavy atom. The van der Waals surface area contributed by atoms with E-state index in [1.807, 2.05) is 12.1 Å². The zero-order valence-electron chi connectivity index (χ0n) is 15.9. The first kappa shape index (κ1) is 17.8. The summed E-state index contributed by atoms with van der Waals surface area (Å²) in [5.41, 5.74) is 2.96. The zero-order chi connectivity index (χ0) is 20.1. The fourth-order valence-corrected chi connectivity index (χ4v) is 4.41. The number of carbonyl (C=O) groups is 2. The van der Waals surface area contributed by atoms with Crippen LogP contribution in [-0.2, 0) is 22.5 Å². The van der Waals surface area contributed by atoms with E-state index in [-0.39, 0.29) is 23.9 Å². The summed E-state index contributed by atoms with van der Waals surface area (Å²) >= 11 is 0. The normalized spacial score (nSPS) is 23.0. The van der Waals surface area contributed by atoms with Crippen LogP contribution in [0.2, 0.25) is 0 Å². The third-order valence-electron chi connectivity index (χ3n) is 5.91. The van der Waals surface area contributed by atoms with E-state index in [1.165, 1.54) is 13.0 Å². The molecule has 0 unspecified atom stereocenters. The Balaban J connectivity index is 1.42. The van der Waals surface area contributed by atoms with Gasteiger partial charge in [-0.05, 0) is 36.1 Å². The lowest BCUT2D eigenvalue weighted by Gasteiger charge is -2.26. The third kappa shape index (κ3) is 2.97. The molecule has 9 heteroatoms. The first-order valence-corrected chi connectivity index (χ1v) is 9.62. The van der Waals surface area contributed by atoms with Crippen molar-refractivity contribution in [1.82, 2.24) is 19.9 Å². The minimum atomic E-state index is -0.458. The average molecular weight is 397 g/mol. The predicted octanol–water partition coefficient (Wildman–Crippen LogP) is 2.00. The van der Waals surface area contributed by atoms with Gasteiger partial charge in [-0.2, -0.15) is 0 Å². The topological polar surface area (TPSA) is 80.6 Å². The summed E-state index contributed by atoms with van der Waals surface area (Å²) in [5.74, 6) is -0.341. The molecular weight excluding hydrogens is 377 g/mol. The van der Waals surface area contributed by atoms with Gasteiger partial charge in [-0.1, -0.05) is 11.3 Å². The van der Waals surface area contributed by atoms with Crippen molar-refractivity contribution in [2.75, 3.05) is 18.0 Å². The van der Waals surface area contributed by atoms with Crippen LogP contribution in [0.25, 0.3) is 5.57 Å². The van der Waals surface area contributed by atoms with E-state index in [0.717, 1.165) is 11.1 Å². The number of hydrogen-bond acceptors (Lipinski definition) is 5. The van der Waals surface area contributed by atoms with Crippen molar-refractivity contribution < 1.29 is 18.7 Å². The van der Waals surface area contributed by atoms with Crippen LogP contribution in [0.1, 0.15) is 24.5 Å². The molecule has 2 amide bonds. The van der Waals surface area contributed by atoms with Crippen molar-refractivity contribution >= 4 is 23.3 Å². The van der Waals surface area contributed by atoms with Crippen LogP contribution in [-0.4, -0.2) is 57.1 Å². The van der Waals surface area contributed by atoms with E-state index in [2.05, 4.69) is 10.3 Å². The van der Waals surface area contributed by atoms with E-state index < -0.39 is 6.09 Å². The van der Waals surface area contributed by atoms with E-state index in [9.17, 15) is 14.0 Å². The number of aromatic nitrogens is 3. The van der Waals surface area contributed by atoms with E-state index in [1.54, 1.807) is 26.9 Å². The van der Waals surface area contributed by atoms with E-state index in [0.29, 0.717) is 43.7 Å². The van der Waals surface area contributed by atoms with Crippen molar-refractivity contribution in [3.05, 3.63) is 47.5 Å². The molecule has 2 atom stereocenters. The molecule has 0 bridgehead atoms. The van der Waals surface area contributed by atoms with Crippen LogP contribution in [0.3, 0.4) is 0 Å². The van der Waals surface area contributed by atoms with E-state index >= 15 is 0 Å². The molecule has 1 fully saturated rings. The van der Waals surface area contributed by atoms with Gasteiger partial charge < -0.3 is 9.64 Å². The second-order valence-electron chi connectivity index (χ2n) is 7.59. The minimum Gasteiger partial charge on any atom is -0.442 e. The Hall–Kier alpha value is -3.23. The minimum absolute atomic E-state index is 0.0206. The Labute approximate surface area is 166 Å². The summed E-state index contributed by atoms with van der Waals surface area (Å²) in [7, 11) is 0. The fraction of sp³-hybridized carbons (Fsp3) is 0.400. The highest BCUT2D eigenvalue weighted by atomic mass is 19.1. The molecule has 0 N–H and O–H groups in total. The molecule has 1 saturated heterocycles. The average Bonchev–Trinajstić information content (AvgIpc) is 3.40. The molecule has 4 heterocycles. The number of hydrogen-bond donors (Lipinski definition) is 0. The number of halogens is 1. The highest BCUT2D eigenvalue weighted by Crippen LogP contribution is 2.41. The number of fused-ring (bicyclic) bond motifs is 3. The quantitative estimate of drug-likeness (QED) is 0.792. The second-order valence-corrected chi connectivity index (χ2v) is 7.59. The molecule has 1 aromatic carbocycles. The van der Waals surface area contributed by atoms with Crippen molar-refractivity contribution in [1.29, 1.82) is 0 Å². The highest BCUT2D eigenvalue weighted by Gasteiger charge is 2.48. The fourth-order valence-electron chi connectivity index (χ4n) is 4.41. The number of ether oxygens (including phenoxy) is 1. The molecule has 150 valence electrons. The predicted molar refractivity (Wildman–Crippen MR) is 102 cm³/mol. The molecule has 0 radical (unpaired) electrons. The molecular formula is C20H20FN5O3. The summed E-state index contributed by atoms with van der Waals surface area (Å²) in [6.45, 7) is 3.01. The molecule has 3 aliphatic rings. The molecule has 1 aromatic heterocycles.